The van der Waals surface area contributed by atoms with E-state index >= 15 is 0 Å². The average molecular weight is 303 g/mol. The molecule has 2 aromatic rings. The molecule has 3 rings (SSSR count). The zero-order valence-electron chi connectivity index (χ0n) is 11.6. The minimum Gasteiger partial charge on any atom is -0.324 e. The van der Waals surface area contributed by atoms with E-state index in [1.165, 1.54) is 17.1 Å². The minimum absolute atomic E-state index is 0.0547. The smallest absolute Gasteiger partial charge is 0.322 e. The number of carbonyl (C=O) groups is 1. The maximum absolute atomic E-state index is 12.1. The molecule has 0 aromatic carbocycles. The number of amides is 2. The maximum atomic E-state index is 12.1. The second-order valence-electron chi connectivity index (χ2n) is 5.21. The predicted molar refractivity (Wildman–Crippen MR) is 81.2 cm³/mol. The van der Waals surface area contributed by atoms with Gasteiger partial charge in [-0.1, -0.05) is 10.6 Å². The van der Waals surface area contributed by atoms with Crippen LogP contribution in [0.25, 0.3) is 0 Å². The molecule has 2 amide bonds. The summed E-state index contributed by atoms with van der Waals surface area (Å²) >= 11 is 1.19. The number of hydrogen-bond donors (Lipinski definition) is 1. The summed E-state index contributed by atoms with van der Waals surface area (Å²) in [5.41, 5.74) is 1.27. The summed E-state index contributed by atoms with van der Waals surface area (Å²) in [6.07, 6.45) is 8.40. The van der Waals surface area contributed by atoms with Gasteiger partial charge in [-0.15, -0.1) is 5.10 Å². The molecule has 1 saturated heterocycles. The van der Waals surface area contributed by atoms with Crippen LogP contribution in [0.3, 0.4) is 0 Å². The summed E-state index contributed by atoms with van der Waals surface area (Å²) in [6, 6.07) is 4.03. The van der Waals surface area contributed by atoms with Gasteiger partial charge in [0, 0.05) is 37.0 Å². The van der Waals surface area contributed by atoms with Gasteiger partial charge < -0.3 is 4.90 Å². The first-order valence-corrected chi connectivity index (χ1v) is 7.81. The van der Waals surface area contributed by atoms with Gasteiger partial charge in [-0.25, -0.2) is 4.79 Å². The molecule has 1 aliphatic heterocycles. The van der Waals surface area contributed by atoms with Gasteiger partial charge in [0.15, 0.2) is 0 Å². The van der Waals surface area contributed by atoms with E-state index in [1.807, 2.05) is 17.2 Å². The number of hydrogen-bond acceptors (Lipinski definition) is 5. The fraction of sp³-hybridized carbons (Fsp3) is 0.429. The molecule has 3 heterocycles. The zero-order valence-corrected chi connectivity index (χ0v) is 12.4. The quantitative estimate of drug-likeness (QED) is 0.945. The van der Waals surface area contributed by atoms with Gasteiger partial charge in [-0.3, -0.25) is 10.3 Å². The van der Waals surface area contributed by atoms with Crippen LogP contribution >= 0.6 is 11.5 Å². The molecule has 0 atom stereocenters. The number of rotatable bonds is 3. The Labute approximate surface area is 127 Å². The minimum atomic E-state index is -0.0547. The lowest BCUT2D eigenvalue weighted by Gasteiger charge is -2.31. The highest BCUT2D eigenvalue weighted by Crippen LogP contribution is 2.22. The lowest BCUT2D eigenvalue weighted by atomic mass is 9.91. The molecule has 0 unspecified atom stereocenters. The molecular formula is C14H17N5OS. The number of pyridine rings is 1. The van der Waals surface area contributed by atoms with Gasteiger partial charge >= 0.3 is 6.03 Å². The monoisotopic (exact) mass is 303 g/mol. The second kappa shape index (κ2) is 6.62. The highest BCUT2D eigenvalue weighted by molar-refractivity contribution is 7.10. The van der Waals surface area contributed by atoms with Crippen molar-refractivity contribution in [2.45, 2.75) is 19.3 Å². The largest absolute Gasteiger partial charge is 0.324 e. The number of piperidine rings is 1. The fourth-order valence-corrected chi connectivity index (χ4v) is 3.01. The van der Waals surface area contributed by atoms with Gasteiger partial charge in [0.05, 0.1) is 6.20 Å². The molecule has 21 heavy (non-hydrogen) atoms. The van der Waals surface area contributed by atoms with Crippen LogP contribution in [0.2, 0.25) is 0 Å². The molecule has 1 N–H and O–H groups in total. The van der Waals surface area contributed by atoms with Crippen LogP contribution in [0.5, 0.6) is 0 Å². The summed E-state index contributed by atoms with van der Waals surface area (Å²) in [5, 5.41) is 7.23. The molecule has 0 radical (unpaired) electrons. The summed E-state index contributed by atoms with van der Waals surface area (Å²) in [7, 11) is 0. The molecular weight excluding hydrogens is 286 g/mol. The Bertz CT molecular complexity index is 566. The Morgan fingerprint density at radius 2 is 2.24 bits per heavy atom. The Kier molecular flexibility index (Phi) is 4.40. The Morgan fingerprint density at radius 3 is 2.90 bits per heavy atom. The summed E-state index contributed by atoms with van der Waals surface area (Å²) in [5.74, 6) is 0.628. The third kappa shape index (κ3) is 3.75. The first-order valence-electron chi connectivity index (χ1n) is 7.03. The maximum Gasteiger partial charge on any atom is 0.322 e. The molecule has 0 saturated carbocycles. The van der Waals surface area contributed by atoms with Crippen molar-refractivity contribution in [1.29, 1.82) is 0 Å². The number of carbonyl (C=O) groups excluding carboxylic acids is 1. The van der Waals surface area contributed by atoms with Crippen LogP contribution in [0, 0.1) is 5.92 Å². The molecule has 6 nitrogen and oxygen atoms in total. The van der Waals surface area contributed by atoms with Gasteiger partial charge in [0.2, 0.25) is 0 Å². The van der Waals surface area contributed by atoms with Crippen LogP contribution in [-0.2, 0) is 6.42 Å². The lowest BCUT2D eigenvalue weighted by Crippen LogP contribution is -2.41. The van der Waals surface area contributed by atoms with E-state index in [2.05, 4.69) is 26.0 Å². The van der Waals surface area contributed by atoms with Crippen molar-refractivity contribution in [1.82, 2.24) is 19.5 Å². The van der Waals surface area contributed by atoms with Gasteiger partial charge in [-0.05, 0) is 36.8 Å². The van der Waals surface area contributed by atoms with Gasteiger partial charge in [0.1, 0.15) is 5.00 Å². The van der Waals surface area contributed by atoms with Gasteiger partial charge in [-0.2, -0.15) is 0 Å². The Hall–Kier alpha value is -2.02. The van der Waals surface area contributed by atoms with Crippen LogP contribution < -0.4 is 5.32 Å². The highest BCUT2D eigenvalue weighted by Gasteiger charge is 2.23. The lowest BCUT2D eigenvalue weighted by molar-refractivity contribution is 0.182. The molecule has 2 aromatic heterocycles. The summed E-state index contributed by atoms with van der Waals surface area (Å²) in [4.78, 5) is 18.1. The van der Waals surface area contributed by atoms with Crippen molar-refractivity contribution in [3.63, 3.8) is 0 Å². The average Bonchev–Trinajstić information content (AvgIpc) is 3.02. The van der Waals surface area contributed by atoms with E-state index in [9.17, 15) is 4.79 Å². The van der Waals surface area contributed by atoms with Crippen molar-refractivity contribution in [3.8, 4) is 0 Å². The highest BCUT2D eigenvalue weighted by atomic mass is 32.1. The van der Waals surface area contributed by atoms with Crippen LogP contribution in [0.1, 0.15) is 18.4 Å². The molecule has 0 spiro atoms. The van der Waals surface area contributed by atoms with Crippen molar-refractivity contribution in [2.24, 2.45) is 5.92 Å². The number of urea groups is 1. The Balaban J connectivity index is 1.47. The predicted octanol–water partition coefficient (Wildman–Crippen LogP) is 2.42. The molecule has 0 bridgehead atoms. The molecule has 0 aliphatic carbocycles. The van der Waals surface area contributed by atoms with Crippen molar-refractivity contribution < 1.29 is 4.79 Å². The number of anilines is 1. The summed E-state index contributed by atoms with van der Waals surface area (Å²) < 4.78 is 3.73. The van der Waals surface area contributed by atoms with Crippen molar-refractivity contribution >= 4 is 22.6 Å². The van der Waals surface area contributed by atoms with Crippen LogP contribution in [0.15, 0.2) is 30.7 Å². The number of nitrogens with one attached hydrogen (secondary N) is 1. The van der Waals surface area contributed by atoms with Crippen molar-refractivity contribution in [2.75, 3.05) is 18.4 Å². The van der Waals surface area contributed by atoms with E-state index in [0.717, 1.165) is 32.4 Å². The first-order chi connectivity index (χ1) is 10.3. The van der Waals surface area contributed by atoms with E-state index in [0.29, 0.717) is 10.9 Å². The fourth-order valence-electron chi connectivity index (χ4n) is 2.60. The van der Waals surface area contributed by atoms with Crippen molar-refractivity contribution in [3.05, 3.63) is 36.3 Å². The van der Waals surface area contributed by atoms with Crippen LogP contribution in [0.4, 0.5) is 9.80 Å². The van der Waals surface area contributed by atoms with E-state index in [-0.39, 0.29) is 6.03 Å². The normalized spacial score (nSPS) is 15.9. The molecule has 1 fully saturated rings. The molecule has 7 heteroatoms. The number of nitrogens with zero attached hydrogens (tertiary/aromatic N) is 4. The van der Waals surface area contributed by atoms with E-state index in [4.69, 9.17) is 0 Å². The third-order valence-electron chi connectivity index (χ3n) is 3.74. The second-order valence-corrected chi connectivity index (χ2v) is 5.99. The number of likely N-dealkylation sites (tertiary alicyclic amines) is 1. The third-order valence-corrected chi connectivity index (χ3v) is 4.32. The standard InChI is InChI=1S/C14H17N5OS/c20-14(17-13-10-16-18-21-13)19-6-3-11(4-7-19)8-12-2-1-5-15-9-12/h1-2,5,9-11H,3-4,6-8H2,(H,17,20). The topological polar surface area (TPSA) is 71.0 Å². The van der Waals surface area contributed by atoms with Crippen LogP contribution in [-0.4, -0.2) is 38.6 Å². The number of aromatic nitrogens is 3. The first kappa shape index (κ1) is 13.9. The van der Waals surface area contributed by atoms with Gasteiger partial charge in [0.25, 0.3) is 0 Å². The SMILES string of the molecule is O=C(Nc1cnns1)N1CCC(Cc2cccnc2)CC1. The molecule has 110 valence electrons. The zero-order chi connectivity index (χ0) is 14.5. The van der Waals surface area contributed by atoms with E-state index < -0.39 is 0 Å². The summed E-state index contributed by atoms with van der Waals surface area (Å²) in [6.45, 7) is 1.59. The van der Waals surface area contributed by atoms with E-state index in [1.54, 1.807) is 12.4 Å². The Morgan fingerprint density at radius 1 is 1.38 bits per heavy atom. The molecule has 1 aliphatic rings.